The zero-order chi connectivity index (χ0) is 12.3. The lowest BCUT2D eigenvalue weighted by molar-refractivity contribution is 0.599. The Bertz CT molecular complexity index is 490. The highest BCUT2D eigenvalue weighted by molar-refractivity contribution is 5.32. The van der Waals surface area contributed by atoms with E-state index in [1.807, 2.05) is 23.0 Å². The average molecular weight is 230 g/mol. The second-order valence-corrected chi connectivity index (χ2v) is 3.98. The maximum Gasteiger partial charge on any atom is 0.0727 e. The van der Waals surface area contributed by atoms with Crippen LogP contribution in [0.2, 0.25) is 0 Å². The van der Waals surface area contributed by atoms with Crippen LogP contribution in [0.4, 0.5) is 0 Å². The lowest BCUT2D eigenvalue weighted by atomic mass is 9.99. The van der Waals surface area contributed by atoms with Gasteiger partial charge in [-0.05, 0) is 36.6 Å². The molecule has 1 unspecified atom stereocenters. The van der Waals surface area contributed by atoms with E-state index in [0.29, 0.717) is 0 Å². The number of pyridine rings is 1. The van der Waals surface area contributed by atoms with Crippen molar-refractivity contribution in [2.45, 2.75) is 32.9 Å². The summed E-state index contributed by atoms with van der Waals surface area (Å²) in [7, 11) is 0. The zero-order valence-corrected chi connectivity index (χ0v) is 10.3. The van der Waals surface area contributed by atoms with E-state index in [1.165, 1.54) is 5.56 Å². The monoisotopic (exact) mass is 230 g/mol. The van der Waals surface area contributed by atoms with E-state index in [9.17, 15) is 0 Å². The van der Waals surface area contributed by atoms with Gasteiger partial charge in [0.1, 0.15) is 0 Å². The predicted molar refractivity (Wildman–Crippen MR) is 67.5 cm³/mol. The summed E-state index contributed by atoms with van der Waals surface area (Å²) in [6.07, 6.45) is 6.42. The van der Waals surface area contributed by atoms with Crippen molar-refractivity contribution in [3.8, 4) is 0 Å². The van der Waals surface area contributed by atoms with Crippen LogP contribution < -0.4 is 5.73 Å². The summed E-state index contributed by atoms with van der Waals surface area (Å²) >= 11 is 0. The molecule has 2 aromatic heterocycles. The van der Waals surface area contributed by atoms with Gasteiger partial charge in [-0.3, -0.25) is 9.67 Å². The van der Waals surface area contributed by atoms with Gasteiger partial charge < -0.3 is 5.73 Å². The van der Waals surface area contributed by atoms with Crippen molar-refractivity contribution in [1.82, 2.24) is 14.8 Å². The molecule has 0 aliphatic carbocycles. The molecule has 4 heteroatoms. The van der Waals surface area contributed by atoms with Gasteiger partial charge in [-0.15, -0.1) is 0 Å². The van der Waals surface area contributed by atoms with Gasteiger partial charge in [-0.25, -0.2) is 0 Å². The molecular formula is C13H18N4. The Morgan fingerprint density at radius 3 is 2.82 bits per heavy atom. The van der Waals surface area contributed by atoms with E-state index in [0.717, 1.165) is 24.2 Å². The van der Waals surface area contributed by atoms with Crippen molar-refractivity contribution >= 4 is 0 Å². The van der Waals surface area contributed by atoms with Crippen LogP contribution in [-0.2, 0) is 13.0 Å². The van der Waals surface area contributed by atoms with Crippen LogP contribution in [0.1, 0.15) is 36.7 Å². The van der Waals surface area contributed by atoms with E-state index >= 15 is 0 Å². The Balaban J connectivity index is 2.40. The van der Waals surface area contributed by atoms with Crippen molar-refractivity contribution in [3.63, 3.8) is 0 Å². The highest BCUT2D eigenvalue weighted by atomic mass is 15.3. The van der Waals surface area contributed by atoms with Crippen molar-refractivity contribution in [3.05, 3.63) is 47.5 Å². The molecule has 4 nitrogen and oxygen atoms in total. The summed E-state index contributed by atoms with van der Waals surface area (Å²) in [4.78, 5) is 4.14. The minimum atomic E-state index is -0.129. The van der Waals surface area contributed by atoms with E-state index in [-0.39, 0.29) is 6.04 Å². The minimum absolute atomic E-state index is 0.129. The van der Waals surface area contributed by atoms with Crippen LogP contribution in [0.15, 0.2) is 30.7 Å². The predicted octanol–water partition coefficient (Wildman–Crippen LogP) is 1.91. The highest BCUT2D eigenvalue weighted by Crippen LogP contribution is 2.22. The summed E-state index contributed by atoms with van der Waals surface area (Å²) in [5, 5.41) is 4.26. The standard InChI is InChI=1S/C13H18N4/c1-3-10-9-15-7-5-11(10)13(14)12-6-8-16-17(12)4-2/h5-9,13H,3-4,14H2,1-2H3. The molecule has 2 rings (SSSR count). The number of nitrogens with zero attached hydrogens (tertiary/aromatic N) is 3. The molecule has 2 aromatic rings. The SMILES string of the molecule is CCc1cnccc1C(N)c1ccnn1CC. The summed E-state index contributed by atoms with van der Waals surface area (Å²) in [5.74, 6) is 0. The first-order valence-electron chi connectivity index (χ1n) is 5.98. The van der Waals surface area contributed by atoms with Gasteiger partial charge in [0, 0.05) is 25.1 Å². The maximum absolute atomic E-state index is 6.32. The second-order valence-electron chi connectivity index (χ2n) is 3.98. The molecule has 2 N–H and O–H groups in total. The summed E-state index contributed by atoms with van der Waals surface area (Å²) in [6.45, 7) is 5.02. The largest absolute Gasteiger partial charge is 0.319 e. The summed E-state index contributed by atoms with van der Waals surface area (Å²) < 4.78 is 1.94. The fourth-order valence-corrected chi connectivity index (χ4v) is 2.07. The van der Waals surface area contributed by atoms with Gasteiger partial charge in [0.05, 0.1) is 11.7 Å². The molecule has 0 aromatic carbocycles. The molecule has 0 spiro atoms. The Labute approximate surface area is 101 Å². The third-order valence-corrected chi connectivity index (χ3v) is 3.02. The number of hydrogen-bond acceptors (Lipinski definition) is 3. The number of nitrogens with two attached hydrogens (primary N) is 1. The number of hydrogen-bond donors (Lipinski definition) is 1. The first-order chi connectivity index (χ1) is 8.27. The summed E-state index contributed by atoms with van der Waals surface area (Å²) in [6, 6.07) is 3.85. The van der Waals surface area contributed by atoms with E-state index in [4.69, 9.17) is 5.73 Å². The fraction of sp³-hybridized carbons (Fsp3) is 0.385. The zero-order valence-electron chi connectivity index (χ0n) is 10.3. The third-order valence-electron chi connectivity index (χ3n) is 3.02. The quantitative estimate of drug-likeness (QED) is 0.872. The Morgan fingerprint density at radius 1 is 1.29 bits per heavy atom. The van der Waals surface area contributed by atoms with Crippen molar-refractivity contribution in [2.75, 3.05) is 0 Å². The lowest BCUT2D eigenvalue weighted by Gasteiger charge is -2.16. The normalized spacial score (nSPS) is 12.6. The first-order valence-corrected chi connectivity index (χ1v) is 5.98. The molecule has 90 valence electrons. The first kappa shape index (κ1) is 11.8. The van der Waals surface area contributed by atoms with E-state index < -0.39 is 0 Å². The average Bonchev–Trinajstić information content (AvgIpc) is 2.86. The molecule has 1 atom stereocenters. The number of rotatable bonds is 4. The Morgan fingerprint density at radius 2 is 2.12 bits per heavy atom. The van der Waals surface area contributed by atoms with Gasteiger partial charge in [0.25, 0.3) is 0 Å². The molecule has 17 heavy (non-hydrogen) atoms. The van der Waals surface area contributed by atoms with Crippen LogP contribution in [0.25, 0.3) is 0 Å². The van der Waals surface area contributed by atoms with Crippen molar-refractivity contribution in [2.24, 2.45) is 5.73 Å². The van der Waals surface area contributed by atoms with Gasteiger partial charge in [-0.1, -0.05) is 6.92 Å². The van der Waals surface area contributed by atoms with Crippen LogP contribution in [-0.4, -0.2) is 14.8 Å². The smallest absolute Gasteiger partial charge is 0.0727 e. The molecule has 0 amide bonds. The van der Waals surface area contributed by atoms with E-state index in [2.05, 4.69) is 23.9 Å². The molecule has 0 aliphatic rings. The van der Waals surface area contributed by atoms with Gasteiger partial charge in [-0.2, -0.15) is 5.10 Å². The molecule has 0 saturated heterocycles. The molecule has 0 aliphatic heterocycles. The minimum Gasteiger partial charge on any atom is -0.319 e. The number of aromatic nitrogens is 3. The summed E-state index contributed by atoms with van der Waals surface area (Å²) in [5.41, 5.74) is 9.71. The van der Waals surface area contributed by atoms with Crippen molar-refractivity contribution < 1.29 is 0 Å². The van der Waals surface area contributed by atoms with Crippen LogP contribution in [0.3, 0.4) is 0 Å². The molecular weight excluding hydrogens is 212 g/mol. The maximum atomic E-state index is 6.32. The molecule has 0 fully saturated rings. The Kier molecular flexibility index (Phi) is 3.54. The van der Waals surface area contributed by atoms with Crippen molar-refractivity contribution in [1.29, 1.82) is 0 Å². The topological polar surface area (TPSA) is 56.7 Å². The molecule has 0 radical (unpaired) electrons. The molecule has 2 heterocycles. The molecule has 0 bridgehead atoms. The van der Waals surface area contributed by atoms with Crippen LogP contribution in [0, 0.1) is 0 Å². The lowest BCUT2D eigenvalue weighted by Crippen LogP contribution is -2.18. The van der Waals surface area contributed by atoms with Crippen LogP contribution >= 0.6 is 0 Å². The Hall–Kier alpha value is -1.68. The van der Waals surface area contributed by atoms with Crippen LogP contribution in [0.5, 0.6) is 0 Å². The fourth-order valence-electron chi connectivity index (χ4n) is 2.07. The number of aryl methyl sites for hydroxylation is 2. The molecule has 0 saturated carbocycles. The highest BCUT2D eigenvalue weighted by Gasteiger charge is 2.15. The van der Waals surface area contributed by atoms with Gasteiger partial charge >= 0.3 is 0 Å². The third kappa shape index (κ3) is 2.22. The van der Waals surface area contributed by atoms with E-state index in [1.54, 1.807) is 12.4 Å². The van der Waals surface area contributed by atoms with Gasteiger partial charge in [0.2, 0.25) is 0 Å². The van der Waals surface area contributed by atoms with Gasteiger partial charge in [0.15, 0.2) is 0 Å². The second kappa shape index (κ2) is 5.10.